The van der Waals surface area contributed by atoms with Crippen LogP contribution in [0.15, 0.2) is 72.9 Å². The molecule has 1 aliphatic heterocycles. The molecule has 1 N–H and O–H groups in total. The van der Waals surface area contributed by atoms with Gasteiger partial charge in [-0.25, -0.2) is 4.79 Å². The highest BCUT2D eigenvalue weighted by Gasteiger charge is 2.31. The third-order valence-electron chi connectivity index (χ3n) is 4.77. The van der Waals surface area contributed by atoms with Crippen LogP contribution in [0, 0.1) is 0 Å². The fraction of sp³-hybridized carbons (Fsp3) is 0.190. The Morgan fingerprint density at radius 2 is 1.88 bits per heavy atom. The number of benzene rings is 2. The second-order valence-corrected chi connectivity index (χ2v) is 6.90. The van der Waals surface area contributed by atoms with Crippen LogP contribution in [0.2, 0.25) is 5.02 Å². The van der Waals surface area contributed by atoms with E-state index in [-0.39, 0.29) is 12.1 Å². The molecule has 0 unspecified atom stereocenters. The van der Waals surface area contributed by atoms with Gasteiger partial charge >= 0.3 is 6.03 Å². The fourth-order valence-electron chi connectivity index (χ4n) is 3.52. The molecule has 0 fully saturated rings. The zero-order valence-corrected chi connectivity index (χ0v) is 15.1. The van der Waals surface area contributed by atoms with Crippen LogP contribution in [0.4, 0.5) is 10.5 Å². The van der Waals surface area contributed by atoms with E-state index in [9.17, 15) is 4.79 Å². The van der Waals surface area contributed by atoms with Crippen LogP contribution in [0.5, 0.6) is 0 Å². The maximum absolute atomic E-state index is 13.0. The van der Waals surface area contributed by atoms with E-state index in [1.165, 1.54) is 11.3 Å². The predicted octanol–water partition coefficient (Wildman–Crippen LogP) is 4.97. The van der Waals surface area contributed by atoms with Gasteiger partial charge in [0.05, 0.1) is 6.04 Å². The second-order valence-electron chi connectivity index (χ2n) is 6.47. The summed E-state index contributed by atoms with van der Waals surface area (Å²) in [5.74, 6) is 0. The van der Waals surface area contributed by atoms with Crippen molar-refractivity contribution in [3.63, 3.8) is 0 Å². The molecule has 0 aliphatic carbocycles. The minimum absolute atomic E-state index is 0.000309. The predicted molar refractivity (Wildman–Crippen MR) is 104 cm³/mol. The highest BCUT2D eigenvalue weighted by Crippen LogP contribution is 2.30. The summed E-state index contributed by atoms with van der Waals surface area (Å²) in [6.45, 7) is 1.47. The summed E-state index contributed by atoms with van der Waals surface area (Å²) < 4.78 is 2.23. The van der Waals surface area contributed by atoms with E-state index in [4.69, 9.17) is 11.6 Å². The molecule has 1 atom stereocenters. The average Bonchev–Trinajstić information content (AvgIpc) is 3.12. The molecule has 0 spiro atoms. The zero-order valence-electron chi connectivity index (χ0n) is 14.3. The van der Waals surface area contributed by atoms with Gasteiger partial charge in [-0.1, -0.05) is 48.0 Å². The van der Waals surface area contributed by atoms with Gasteiger partial charge < -0.3 is 14.8 Å². The molecular weight excluding hydrogens is 346 g/mol. The van der Waals surface area contributed by atoms with Crippen LogP contribution >= 0.6 is 11.6 Å². The topological polar surface area (TPSA) is 37.3 Å². The number of hydrogen-bond donors (Lipinski definition) is 1. The number of nitrogens with zero attached hydrogens (tertiary/aromatic N) is 2. The molecule has 132 valence electrons. The number of amides is 2. The van der Waals surface area contributed by atoms with Crippen molar-refractivity contribution in [2.45, 2.75) is 19.0 Å². The lowest BCUT2D eigenvalue weighted by atomic mass is 10.0. The summed E-state index contributed by atoms with van der Waals surface area (Å²) in [4.78, 5) is 14.9. The van der Waals surface area contributed by atoms with Gasteiger partial charge in [-0.3, -0.25) is 0 Å². The van der Waals surface area contributed by atoms with E-state index < -0.39 is 0 Å². The lowest BCUT2D eigenvalue weighted by molar-refractivity contribution is 0.167. The van der Waals surface area contributed by atoms with Crippen molar-refractivity contribution >= 4 is 23.3 Å². The summed E-state index contributed by atoms with van der Waals surface area (Å²) in [6, 6.07) is 21.6. The third kappa shape index (κ3) is 3.46. The molecule has 1 aromatic heterocycles. The van der Waals surface area contributed by atoms with Crippen molar-refractivity contribution in [2.75, 3.05) is 11.9 Å². The van der Waals surface area contributed by atoms with E-state index in [1.54, 1.807) is 12.1 Å². The van der Waals surface area contributed by atoms with Crippen LogP contribution in [-0.4, -0.2) is 22.0 Å². The monoisotopic (exact) mass is 365 g/mol. The molecule has 2 heterocycles. The molecular formula is C21H20ClN3O. The molecule has 2 amide bonds. The Balaban J connectivity index is 1.60. The number of aromatic nitrogens is 1. The number of anilines is 1. The molecule has 0 bridgehead atoms. The molecule has 1 aliphatic rings. The SMILES string of the molecule is O=C(Nc1cccc(Cl)c1)N1CCn2cccc2[C@H]1Cc1ccccc1. The lowest BCUT2D eigenvalue weighted by Crippen LogP contribution is -2.44. The Labute approximate surface area is 158 Å². The molecule has 26 heavy (non-hydrogen) atoms. The number of fused-ring (bicyclic) bond motifs is 1. The van der Waals surface area contributed by atoms with E-state index in [1.807, 2.05) is 41.3 Å². The minimum atomic E-state index is -0.0966. The highest BCUT2D eigenvalue weighted by atomic mass is 35.5. The van der Waals surface area contributed by atoms with Crippen molar-refractivity contribution < 1.29 is 4.79 Å². The van der Waals surface area contributed by atoms with Crippen molar-refractivity contribution in [2.24, 2.45) is 0 Å². The third-order valence-corrected chi connectivity index (χ3v) is 5.01. The van der Waals surface area contributed by atoms with Gasteiger partial charge in [0.25, 0.3) is 0 Å². The van der Waals surface area contributed by atoms with Crippen molar-refractivity contribution in [3.05, 3.63) is 89.2 Å². The van der Waals surface area contributed by atoms with Crippen LogP contribution < -0.4 is 5.32 Å². The smallest absolute Gasteiger partial charge is 0.322 e. The second kappa shape index (κ2) is 7.26. The van der Waals surface area contributed by atoms with Crippen molar-refractivity contribution in [1.82, 2.24) is 9.47 Å². The van der Waals surface area contributed by atoms with Crippen LogP contribution in [0.1, 0.15) is 17.3 Å². The Morgan fingerprint density at radius 1 is 1.04 bits per heavy atom. The quantitative estimate of drug-likeness (QED) is 0.698. The normalized spacial score (nSPS) is 16.2. The van der Waals surface area contributed by atoms with Gasteiger partial charge in [0.2, 0.25) is 0 Å². The van der Waals surface area contributed by atoms with Gasteiger partial charge in [-0.05, 0) is 42.3 Å². The van der Waals surface area contributed by atoms with Gasteiger partial charge in [0, 0.05) is 35.7 Å². The number of carbonyl (C=O) groups is 1. The Hall–Kier alpha value is -2.72. The molecule has 0 saturated carbocycles. The summed E-state index contributed by atoms with van der Waals surface area (Å²) in [6.07, 6.45) is 2.87. The standard InChI is InChI=1S/C21H20ClN3O/c22-17-8-4-9-18(15-17)23-21(26)25-13-12-24-11-5-10-19(24)20(25)14-16-6-2-1-3-7-16/h1-11,15,20H,12-14H2,(H,23,26)/t20-/m1/s1. The largest absolute Gasteiger partial charge is 0.348 e. The van der Waals surface area contributed by atoms with Gasteiger partial charge in [0.1, 0.15) is 0 Å². The van der Waals surface area contributed by atoms with Gasteiger partial charge in [-0.2, -0.15) is 0 Å². The van der Waals surface area contributed by atoms with Gasteiger partial charge in [-0.15, -0.1) is 0 Å². The summed E-state index contributed by atoms with van der Waals surface area (Å²) in [5.41, 5.74) is 3.09. The first-order valence-electron chi connectivity index (χ1n) is 8.73. The lowest BCUT2D eigenvalue weighted by Gasteiger charge is -2.37. The first kappa shape index (κ1) is 16.7. The molecule has 0 saturated heterocycles. The van der Waals surface area contributed by atoms with E-state index in [2.05, 4.69) is 34.3 Å². The molecule has 5 heteroatoms. The Morgan fingerprint density at radius 3 is 2.69 bits per heavy atom. The highest BCUT2D eigenvalue weighted by molar-refractivity contribution is 6.30. The Bertz CT molecular complexity index is 906. The molecule has 2 aromatic carbocycles. The number of urea groups is 1. The van der Waals surface area contributed by atoms with Crippen molar-refractivity contribution in [3.8, 4) is 0 Å². The van der Waals surface area contributed by atoms with E-state index >= 15 is 0 Å². The van der Waals surface area contributed by atoms with E-state index in [0.717, 1.165) is 13.0 Å². The fourth-order valence-corrected chi connectivity index (χ4v) is 3.71. The summed E-state index contributed by atoms with van der Waals surface area (Å²) >= 11 is 6.03. The number of rotatable bonds is 3. The zero-order chi connectivity index (χ0) is 17.9. The number of carbonyl (C=O) groups excluding carboxylic acids is 1. The van der Waals surface area contributed by atoms with Crippen molar-refractivity contribution in [1.29, 1.82) is 0 Å². The maximum atomic E-state index is 13.0. The number of nitrogens with one attached hydrogen (secondary N) is 1. The average molecular weight is 366 g/mol. The van der Waals surface area contributed by atoms with E-state index in [0.29, 0.717) is 17.3 Å². The van der Waals surface area contributed by atoms with Crippen LogP contribution in [0.25, 0.3) is 0 Å². The molecule has 3 aromatic rings. The molecule has 0 radical (unpaired) electrons. The minimum Gasteiger partial charge on any atom is -0.348 e. The number of halogens is 1. The first-order chi connectivity index (χ1) is 12.7. The Kier molecular flexibility index (Phi) is 4.67. The van der Waals surface area contributed by atoms with Crippen LogP contribution in [0.3, 0.4) is 0 Å². The maximum Gasteiger partial charge on any atom is 0.322 e. The molecule has 4 rings (SSSR count). The summed E-state index contributed by atoms with van der Waals surface area (Å²) in [7, 11) is 0. The summed E-state index contributed by atoms with van der Waals surface area (Å²) in [5, 5.41) is 3.59. The van der Waals surface area contributed by atoms with Crippen LogP contribution in [-0.2, 0) is 13.0 Å². The molecule has 4 nitrogen and oxygen atoms in total. The first-order valence-corrected chi connectivity index (χ1v) is 9.11. The number of hydrogen-bond acceptors (Lipinski definition) is 1. The van der Waals surface area contributed by atoms with Gasteiger partial charge in [0.15, 0.2) is 0 Å².